The van der Waals surface area contributed by atoms with Gasteiger partial charge in [-0.05, 0) is 20.8 Å². The van der Waals surface area contributed by atoms with Crippen LogP contribution >= 0.6 is 0 Å². The van der Waals surface area contributed by atoms with E-state index in [4.69, 9.17) is 0 Å². The van der Waals surface area contributed by atoms with E-state index in [2.05, 4.69) is 31.4 Å². The molecule has 4 nitrogen and oxygen atoms in total. The first-order valence-corrected chi connectivity index (χ1v) is 7.20. The van der Waals surface area contributed by atoms with E-state index >= 15 is 0 Å². The zero-order valence-corrected chi connectivity index (χ0v) is 11.6. The van der Waals surface area contributed by atoms with Crippen LogP contribution in [0.2, 0.25) is 0 Å². The molecule has 96 valence electrons. The highest BCUT2D eigenvalue weighted by Gasteiger charge is 2.09. The molecule has 0 radical (unpaired) electrons. The van der Waals surface area contributed by atoms with E-state index in [1.54, 1.807) is 0 Å². The predicted octanol–water partition coefficient (Wildman–Crippen LogP) is 0.649. The van der Waals surface area contributed by atoms with E-state index in [0.29, 0.717) is 31.0 Å². The number of nitrogens with one attached hydrogen (secondary N) is 2. The molecule has 0 spiro atoms. The molecule has 0 aromatic heterocycles. The van der Waals surface area contributed by atoms with Crippen molar-refractivity contribution in [3.8, 4) is 0 Å². The van der Waals surface area contributed by atoms with Gasteiger partial charge in [0, 0.05) is 47.4 Å². The van der Waals surface area contributed by atoms with Crippen LogP contribution in [0.4, 0.5) is 0 Å². The van der Waals surface area contributed by atoms with Crippen LogP contribution in [0.25, 0.3) is 0 Å². The van der Waals surface area contributed by atoms with Crippen molar-refractivity contribution in [2.24, 2.45) is 0 Å². The smallest absolute Gasteiger partial charge is 0.221 e. The molecule has 5 heteroatoms. The second kappa shape index (κ2) is 7.79. The summed E-state index contributed by atoms with van der Waals surface area (Å²) in [5, 5.41) is 6.00. The zero-order valence-electron chi connectivity index (χ0n) is 10.8. The summed E-state index contributed by atoms with van der Waals surface area (Å²) in [6.45, 7) is 9.26. The van der Waals surface area contributed by atoms with Crippen LogP contribution in [0.1, 0.15) is 34.1 Å². The number of carbonyl (C=O) groups is 1. The minimum absolute atomic E-state index is 0.0184. The van der Waals surface area contributed by atoms with Crippen molar-refractivity contribution in [3.63, 3.8) is 0 Å². The second-order valence-electron chi connectivity index (χ2n) is 4.71. The molecule has 0 aromatic carbocycles. The van der Waals surface area contributed by atoms with Crippen molar-refractivity contribution < 1.29 is 9.00 Å². The quantitative estimate of drug-likeness (QED) is 0.695. The highest BCUT2D eigenvalue weighted by Crippen LogP contribution is 1.97. The van der Waals surface area contributed by atoms with E-state index in [9.17, 15) is 9.00 Å². The molecule has 0 heterocycles. The van der Waals surface area contributed by atoms with Gasteiger partial charge in [0.15, 0.2) is 0 Å². The van der Waals surface area contributed by atoms with E-state index in [1.807, 2.05) is 6.92 Å². The molecule has 16 heavy (non-hydrogen) atoms. The number of carbonyl (C=O) groups excluding carboxylic acids is 1. The van der Waals surface area contributed by atoms with Gasteiger partial charge in [0.25, 0.3) is 0 Å². The van der Waals surface area contributed by atoms with Gasteiger partial charge in [-0.25, -0.2) is 0 Å². The molecule has 0 saturated heterocycles. The van der Waals surface area contributed by atoms with Crippen LogP contribution < -0.4 is 10.6 Å². The molecule has 0 aliphatic heterocycles. The van der Waals surface area contributed by atoms with Gasteiger partial charge in [0.1, 0.15) is 0 Å². The molecule has 1 unspecified atom stereocenters. The van der Waals surface area contributed by atoms with Gasteiger partial charge in [0.05, 0.1) is 0 Å². The Morgan fingerprint density at radius 1 is 1.25 bits per heavy atom. The highest BCUT2D eigenvalue weighted by atomic mass is 32.2. The average molecular weight is 248 g/mol. The SMILES string of the molecule is CCS(=O)CCNC(=O)CCNC(C)(C)C. The molecule has 0 bridgehead atoms. The lowest BCUT2D eigenvalue weighted by Crippen LogP contribution is -2.39. The fourth-order valence-electron chi connectivity index (χ4n) is 1.09. The monoisotopic (exact) mass is 248 g/mol. The van der Waals surface area contributed by atoms with Gasteiger partial charge in [-0.3, -0.25) is 9.00 Å². The van der Waals surface area contributed by atoms with E-state index in [1.165, 1.54) is 0 Å². The summed E-state index contributed by atoms with van der Waals surface area (Å²) in [6.07, 6.45) is 0.468. The van der Waals surface area contributed by atoms with Crippen LogP contribution in [0.3, 0.4) is 0 Å². The van der Waals surface area contributed by atoms with Crippen LogP contribution in [0.15, 0.2) is 0 Å². The topological polar surface area (TPSA) is 58.2 Å². The molecule has 0 aliphatic rings. The average Bonchev–Trinajstić information content (AvgIpc) is 2.15. The third kappa shape index (κ3) is 10.1. The Labute approximate surface area is 101 Å². The van der Waals surface area contributed by atoms with Crippen molar-refractivity contribution in [3.05, 3.63) is 0 Å². The Kier molecular flexibility index (Phi) is 7.58. The van der Waals surface area contributed by atoms with E-state index in [0.717, 1.165) is 0 Å². The molecular weight excluding hydrogens is 224 g/mol. The van der Waals surface area contributed by atoms with Crippen LogP contribution in [0, 0.1) is 0 Å². The van der Waals surface area contributed by atoms with E-state index < -0.39 is 10.8 Å². The summed E-state index contributed by atoms with van der Waals surface area (Å²) < 4.78 is 11.1. The third-order valence-electron chi connectivity index (χ3n) is 1.98. The number of hydrogen-bond acceptors (Lipinski definition) is 3. The van der Waals surface area contributed by atoms with Crippen molar-refractivity contribution in [1.82, 2.24) is 10.6 Å². The first kappa shape index (κ1) is 15.6. The zero-order chi connectivity index (χ0) is 12.6. The van der Waals surface area contributed by atoms with Crippen molar-refractivity contribution in [2.45, 2.75) is 39.7 Å². The lowest BCUT2D eigenvalue weighted by Gasteiger charge is -2.20. The summed E-state index contributed by atoms with van der Waals surface area (Å²) >= 11 is 0. The highest BCUT2D eigenvalue weighted by molar-refractivity contribution is 7.84. The summed E-state index contributed by atoms with van der Waals surface area (Å²) in [4.78, 5) is 11.3. The summed E-state index contributed by atoms with van der Waals surface area (Å²) in [5.41, 5.74) is 0.0456. The van der Waals surface area contributed by atoms with E-state index in [-0.39, 0.29) is 11.4 Å². The van der Waals surface area contributed by atoms with Crippen LogP contribution in [-0.4, -0.2) is 40.3 Å². The number of amides is 1. The maximum absolute atomic E-state index is 11.3. The van der Waals surface area contributed by atoms with Gasteiger partial charge in [-0.1, -0.05) is 6.92 Å². The fourth-order valence-corrected chi connectivity index (χ4v) is 1.71. The van der Waals surface area contributed by atoms with Gasteiger partial charge < -0.3 is 10.6 Å². The molecule has 1 amide bonds. The molecule has 0 rings (SSSR count). The predicted molar refractivity (Wildman–Crippen MR) is 68.9 cm³/mol. The van der Waals surface area contributed by atoms with Crippen LogP contribution in [0.5, 0.6) is 0 Å². The van der Waals surface area contributed by atoms with Crippen molar-refractivity contribution >= 4 is 16.7 Å². The Morgan fingerprint density at radius 2 is 1.88 bits per heavy atom. The van der Waals surface area contributed by atoms with Crippen molar-refractivity contribution in [2.75, 3.05) is 24.6 Å². The standard InChI is InChI=1S/C11H24N2O2S/c1-5-16(15)9-8-12-10(14)6-7-13-11(2,3)4/h13H,5-9H2,1-4H3,(H,12,14). The van der Waals surface area contributed by atoms with Crippen molar-refractivity contribution in [1.29, 1.82) is 0 Å². The Balaban J connectivity index is 3.49. The molecule has 2 N–H and O–H groups in total. The number of hydrogen-bond donors (Lipinski definition) is 2. The summed E-state index contributed by atoms with van der Waals surface area (Å²) in [5.74, 6) is 1.22. The largest absolute Gasteiger partial charge is 0.355 e. The minimum atomic E-state index is -0.794. The third-order valence-corrected chi connectivity index (χ3v) is 3.28. The fraction of sp³-hybridized carbons (Fsp3) is 0.909. The molecule has 0 fully saturated rings. The first-order valence-electron chi connectivity index (χ1n) is 5.72. The van der Waals surface area contributed by atoms with Gasteiger partial charge >= 0.3 is 0 Å². The maximum Gasteiger partial charge on any atom is 0.221 e. The summed E-state index contributed by atoms with van der Waals surface area (Å²) in [6, 6.07) is 0. The van der Waals surface area contributed by atoms with Gasteiger partial charge in [-0.2, -0.15) is 0 Å². The molecule has 1 atom stereocenters. The normalized spacial score (nSPS) is 13.5. The van der Waals surface area contributed by atoms with Crippen LogP contribution in [-0.2, 0) is 15.6 Å². The van der Waals surface area contributed by atoms with Gasteiger partial charge in [0.2, 0.25) is 5.91 Å². The lowest BCUT2D eigenvalue weighted by molar-refractivity contribution is -0.120. The molecule has 0 aromatic rings. The Bertz CT molecular complexity index is 237. The molecule has 0 saturated carbocycles. The molecular formula is C11H24N2O2S. The number of rotatable bonds is 7. The van der Waals surface area contributed by atoms with Gasteiger partial charge in [-0.15, -0.1) is 0 Å². The Hall–Kier alpha value is -0.420. The summed E-state index contributed by atoms with van der Waals surface area (Å²) in [7, 11) is -0.794. The minimum Gasteiger partial charge on any atom is -0.355 e. The first-order chi connectivity index (χ1) is 7.35. The maximum atomic E-state index is 11.3. The second-order valence-corrected chi connectivity index (χ2v) is 6.57. The molecule has 0 aliphatic carbocycles. The Morgan fingerprint density at radius 3 is 2.38 bits per heavy atom. The lowest BCUT2D eigenvalue weighted by atomic mass is 10.1.